The number of nitrogen functional groups attached to an aromatic ring is 1. The van der Waals surface area contributed by atoms with Crippen LogP contribution in [0, 0.1) is 0 Å². The van der Waals surface area contributed by atoms with Gasteiger partial charge in [-0.15, -0.1) is 0 Å². The van der Waals surface area contributed by atoms with E-state index in [4.69, 9.17) is 31.8 Å². The van der Waals surface area contributed by atoms with Gasteiger partial charge in [0.25, 0.3) is 0 Å². The van der Waals surface area contributed by atoms with Gasteiger partial charge in [-0.05, 0) is 49.5 Å². The number of hydrogen-bond acceptors (Lipinski definition) is 7. The third-order valence-corrected chi connectivity index (χ3v) is 8.12. The zero-order valence-corrected chi connectivity index (χ0v) is 22.9. The molecule has 1 fully saturated rings. The largest absolute Gasteiger partial charge is 0.493 e. The highest BCUT2D eigenvalue weighted by Crippen LogP contribution is 2.46. The molecule has 198 valence electrons. The van der Waals surface area contributed by atoms with Crippen LogP contribution >= 0.6 is 11.6 Å². The maximum absolute atomic E-state index is 6.55. The number of nitrogens with two attached hydrogens (primary N) is 1. The van der Waals surface area contributed by atoms with Crippen molar-refractivity contribution < 1.29 is 9.47 Å². The van der Waals surface area contributed by atoms with Gasteiger partial charge in [0.1, 0.15) is 5.82 Å². The molecule has 1 saturated heterocycles. The first-order chi connectivity index (χ1) is 18.5. The highest BCUT2D eigenvalue weighted by atomic mass is 35.5. The molecule has 0 radical (unpaired) electrons. The Labute approximate surface area is 228 Å². The van der Waals surface area contributed by atoms with Crippen molar-refractivity contribution in [2.45, 2.75) is 31.2 Å². The average molecular weight is 532 g/mol. The van der Waals surface area contributed by atoms with E-state index in [0.29, 0.717) is 23.3 Å². The van der Waals surface area contributed by atoms with Crippen LogP contribution in [0.3, 0.4) is 0 Å². The first-order valence-electron chi connectivity index (χ1n) is 12.9. The first kappa shape index (κ1) is 26.1. The molecule has 0 atom stereocenters. The van der Waals surface area contributed by atoms with E-state index in [1.54, 1.807) is 21.3 Å². The Morgan fingerprint density at radius 2 is 1.71 bits per heavy atom. The highest BCUT2D eigenvalue weighted by Gasteiger charge is 2.38. The first-order valence-corrected chi connectivity index (χ1v) is 13.3. The lowest BCUT2D eigenvalue weighted by molar-refractivity contribution is 0.151. The molecule has 5 rings (SSSR count). The van der Waals surface area contributed by atoms with Crippen LogP contribution in [0.1, 0.15) is 29.5 Å². The second-order valence-corrected chi connectivity index (χ2v) is 10.3. The fraction of sp³-hybridized carbons (Fsp3) is 0.333. The summed E-state index contributed by atoms with van der Waals surface area (Å²) in [5, 5.41) is 4.63. The van der Waals surface area contributed by atoms with E-state index in [-0.39, 0.29) is 5.41 Å². The minimum absolute atomic E-state index is 0.126. The number of rotatable bonds is 8. The van der Waals surface area contributed by atoms with Crippen LogP contribution in [0.5, 0.6) is 11.5 Å². The number of halogens is 1. The Hall–Kier alpha value is -3.55. The lowest BCUT2D eigenvalue weighted by atomic mass is 9.68. The predicted octanol–water partition coefficient (Wildman–Crippen LogP) is 5.70. The average Bonchev–Trinajstić information content (AvgIpc) is 2.95. The highest BCUT2D eigenvalue weighted by molar-refractivity contribution is 6.31. The summed E-state index contributed by atoms with van der Waals surface area (Å²) in [5.41, 5.74) is 10.6. The van der Waals surface area contributed by atoms with E-state index in [1.807, 2.05) is 24.3 Å². The molecule has 8 heteroatoms. The molecule has 1 aliphatic rings. The number of nitrogens with zero attached hydrogens (tertiary/aromatic N) is 3. The number of methoxy groups -OCH3 is 2. The van der Waals surface area contributed by atoms with Crippen molar-refractivity contribution in [3.63, 3.8) is 0 Å². The molecule has 0 bridgehead atoms. The second-order valence-electron chi connectivity index (χ2n) is 9.86. The number of benzene rings is 3. The summed E-state index contributed by atoms with van der Waals surface area (Å²) in [4.78, 5) is 11.7. The Kier molecular flexibility index (Phi) is 7.58. The molecule has 7 nitrogen and oxygen atoms in total. The van der Waals surface area contributed by atoms with Gasteiger partial charge in [0.2, 0.25) is 5.95 Å². The normalized spacial score (nSPS) is 15.4. The summed E-state index contributed by atoms with van der Waals surface area (Å²) < 4.78 is 11.7. The predicted molar refractivity (Wildman–Crippen MR) is 154 cm³/mol. The van der Waals surface area contributed by atoms with Crippen LogP contribution in [-0.2, 0) is 18.4 Å². The Morgan fingerprint density at radius 3 is 2.37 bits per heavy atom. The van der Waals surface area contributed by atoms with Crippen molar-refractivity contribution in [1.29, 1.82) is 0 Å². The van der Waals surface area contributed by atoms with E-state index in [0.717, 1.165) is 65.9 Å². The van der Waals surface area contributed by atoms with Gasteiger partial charge in [0.15, 0.2) is 11.5 Å². The number of nitrogens with one attached hydrogen (secondary N) is 1. The summed E-state index contributed by atoms with van der Waals surface area (Å²) >= 11 is 6.48. The standard InChI is InChI=1S/C30H34ClN5O2/c1-33-29-34-24-17-25(37-2)27(38-3)22(26(24)28(32)35-29)18-30(21-10-5-4-6-11-21)13-15-36(16-14-30)19-20-9-7-8-12-23(20)31/h4-12,17H,13-16,18-19H2,1-3H3,(H3,32,33,34,35). The Morgan fingerprint density at radius 1 is 1.00 bits per heavy atom. The molecule has 0 saturated carbocycles. The van der Waals surface area contributed by atoms with Crippen molar-refractivity contribution in [3.8, 4) is 11.5 Å². The summed E-state index contributed by atoms with van der Waals surface area (Å²) in [6.45, 7) is 2.73. The molecule has 3 aromatic carbocycles. The molecular formula is C30H34ClN5O2. The Balaban J connectivity index is 1.57. The van der Waals surface area contributed by atoms with Gasteiger partial charge in [-0.3, -0.25) is 4.90 Å². The van der Waals surface area contributed by atoms with Crippen LogP contribution in [0.2, 0.25) is 5.02 Å². The third-order valence-electron chi connectivity index (χ3n) is 7.75. The molecule has 2 heterocycles. The number of aromatic nitrogens is 2. The number of fused-ring (bicyclic) bond motifs is 1. The maximum atomic E-state index is 6.55. The SMILES string of the molecule is CNc1nc(N)c2c(CC3(c4ccccc4)CCN(Cc4ccccc4Cl)CC3)c(OC)c(OC)cc2n1. The van der Waals surface area contributed by atoms with Gasteiger partial charge in [0.05, 0.1) is 19.7 Å². The lowest BCUT2D eigenvalue weighted by Gasteiger charge is -2.43. The van der Waals surface area contributed by atoms with Crippen LogP contribution in [-0.4, -0.2) is 49.2 Å². The fourth-order valence-electron chi connectivity index (χ4n) is 5.72. The molecule has 0 unspecified atom stereocenters. The van der Waals surface area contributed by atoms with Gasteiger partial charge in [-0.25, -0.2) is 4.98 Å². The summed E-state index contributed by atoms with van der Waals surface area (Å²) in [6.07, 6.45) is 2.66. The summed E-state index contributed by atoms with van der Waals surface area (Å²) in [7, 11) is 5.10. The van der Waals surface area contributed by atoms with E-state index >= 15 is 0 Å². The van der Waals surface area contributed by atoms with E-state index in [9.17, 15) is 0 Å². The molecular weight excluding hydrogens is 498 g/mol. The van der Waals surface area contributed by atoms with Crippen LogP contribution in [0.15, 0.2) is 60.7 Å². The van der Waals surface area contributed by atoms with Crippen molar-refractivity contribution in [2.75, 3.05) is 45.4 Å². The topological polar surface area (TPSA) is 85.5 Å². The molecule has 0 spiro atoms. The molecule has 1 aliphatic heterocycles. The summed E-state index contributed by atoms with van der Waals surface area (Å²) in [5.74, 6) is 2.21. The smallest absolute Gasteiger partial charge is 0.224 e. The van der Waals surface area contributed by atoms with Gasteiger partial charge in [-0.1, -0.05) is 60.1 Å². The number of likely N-dealkylation sites (tertiary alicyclic amines) is 1. The monoisotopic (exact) mass is 531 g/mol. The molecule has 3 N–H and O–H groups in total. The molecule has 0 aliphatic carbocycles. The third kappa shape index (κ3) is 4.96. The fourth-order valence-corrected chi connectivity index (χ4v) is 5.92. The van der Waals surface area contributed by atoms with E-state index < -0.39 is 0 Å². The van der Waals surface area contributed by atoms with Crippen LogP contribution in [0.4, 0.5) is 11.8 Å². The Bertz CT molecular complexity index is 1420. The lowest BCUT2D eigenvalue weighted by Crippen LogP contribution is -2.43. The number of ether oxygens (including phenoxy) is 2. The minimum atomic E-state index is -0.126. The van der Waals surface area contributed by atoms with Crippen molar-refractivity contribution in [3.05, 3.63) is 82.4 Å². The van der Waals surface area contributed by atoms with Crippen LogP contribution < -0.4 is 20.5 Å². The van der Waals surface area contributed by atoms with E-state index in [1.165, 1.54) is 5.56 Å². The number of piperidine rings is 1. The molecule has 38 heavy (non-hydrogen) atoms. The molecule has 4 aromatic rings. The zero-order chi connectivity index (χ0) is 26.7. The maximum Gasteiger partial charge on any atom is 0.224 e. The molecule has 1 aromatic heterocycles. The number of anilines is 2. The van der Waals surface area contributed by atoms with Crippen molar-refractivity contribution in [1.82, 2.24) is 14.9 Å². The van der Waals surface area contributed by atoms with Gasteiger partial charge < -0.3 is 20.5 Å². The molecule has 0 amide bonds. The number of hydrogen-bond donors (Lipinski definition) is 2. The summed E-state index contributed by atoms with van der Waals surface area (Å²) in [6, 6.07) is 20.7. The quantitative estimate of drug-likeness (QED) is 0.301. The zero-order valence-electron chi connectivity index (χ0n) is 22.1. The van der Waals surface area contributed by atoms with Crippen molar-refractivity contribution >= 4 is 34.3 Å². The van der Waals surface area contributed by atoms with E-state index in [2.05, 4.69) is 51.6 Å². The van der Waals surface area contributed by atoms with Gasteiger partial charge >= 0.3 is 0 Å². The second kappa shape index (κ2) is 11.1. The van der Waals surface area contributed by atoms with Crippen molar-refractivity contribution in [2.24, 2.45) is 0 Å². The van der Waals surface area contributed by atoms with Gasteiger partial charge in [-0.2, -0.15) is 4.98 Å². The van der Waals surface area contributed by atoms with Gasteiger partial charge in [0, 0.05) is 41.0 Å². The van der Waals surface area contributed by atoms with Crippen LogP contribution in [0.25, 0.3) is 10.9 Å². The minimum Gasteiger partial charge on any atom is -0.493 e.